The molecule has 15 heavy (non-hydrogen) atoms. The first-order chi connectivity index (χ1) is 7.09. The normalized spacial score (nSPS) is 10.6. The Morgan fingerprint density at radius 3 is 2.53 bits per heavy atom. The van der Waals surface area contributed by atoms with E-state index in [1.54, 1.807) is 11.3 Å². The van der Waals surface area contributed by atoms with E-state index in [9.17, 15) is 0 Å². The molecule has 2 N–H and O–H groups in total. The molecule has 0 aliphatic carbocycles. The SMILES string of the molecule is Cc1nc(N)c(C)c(-c2sccc2C)n1. The molecule has 2 aromatic rings. The molecule has 2 aromatic heterocycles. The lowest BCUT2D eigenvalue weighted by atomic mass is 10.1. The number of aromatic nitrogens is 2. The first-order valence-electron chi connectivity index (χ1n) is 4.74. The van der Waals surface area contributed by atoms with Crippen molar-refractivity contribution in [3.8, 4) is 10.6 Å². The summed E-state index contributed by atoms with van der Waals surface area (Å²) in [5.74, 6) is 1.30. The predicted octanol–water partition coefficient (Wildman–Crippen LogP) is 2.71. The molecule has 0 aromatic carbocycles. The Balaban J connectivity index is 2.68. The summed E-state index contributed by atoms with van der Waals surface area (Å²) in [5.41, 5.74) is 9.00. The first-order valence-corrected chi connectivity index (χ1v) is 5.62. The second kappa shape index (κ2) is 3.62. The van der Waals surface area contributed by atoms with Crippen molar-refractivity contribution >= 4 is 17.2 Å². The van der Waals surface area contributed by atoms with Gasteiger partial charge in [0.2, 0.25) is 0 Å². The first kappa shape index (κ1) is 10.1. The van der Waals surface area contributed by atoms with Crippen LogP contribution in [0.25, 0.3) is 10.6 Å². The molecule has 0 aliphatic rings. The van der Waals surface area contributed by atoms with Gasteiger partial charge in [-0.15, -0.1) is 11.3 Å². The van der Waals surface area contributed by atoms with Crippen molar-refractivity contribution in [1.29, 1.82) is 0 Å². The largest absolute Gasteiger partial charge is 0.383 e. The van der Waals surface area contributed by atoms with E-state index in [-0.39, 0.29) is 0 Å². The summed E-state index contributed by atoms with van der Waals surface area (Å²) in [6.07, 6.45) is 0. The van der Waals surface area contributed by atoms with E-state index in [1.165, 1.54) is 10.4 Å². The number of thiophene rings is 1. The molecule has 0 saturated carbocycles. The second-order valence-electron chi connectivity index (χ2n) is 3.56. The molecule has 0 aliphatic heterocycles. The molecule has 0 unspecified atom stereocenters. The highest BCUT2D eigenvalue weighted by atomic mass is 32.1. The Morgan fingerprint density at radius 2 is 1.93 bits per heavy atom. The van der Waals surface area contributed by atoms with E-state index in [2.05, 4.69) is 28.3 Å². The van der Waals surface area contributed by atoms with Gasteiger partial charge < -0.3 is 5.73 Å². The minimum atomic E-state index is 0.574. The van der Waals surface area contributed by atoms with Crippen LogP contribution in [0.15, 0.2) is 11.4 Å². The summed E-state index contributed by atoms with van der Waals surface area (Å²) in [7, 11) is 0. The van der Waals surface area contributed by atoms with Gasteiger partial charge >= 0.3 is 0 Å². The Morgan fingerprint density at radius 1 is 1.20 bits per heavy atom. The lowest BCUT2D eigenvalue weighted by molar-refractivity contribution is 1.05. The van der Waals surface area contributed by atoms with E-state index >= 15 is 0 Å². The fourth-order valence-electron chi connectivity index (χ4n) is 1.49. The van der Waals surface area contributed by atoms with Crippen molar-refractivity contribution in [2.75, 3.05) is 5.73 Å². The summed E-state index contributed by atoms with van der Waals surface area (Å²) >= 11 is 1.69. The molecule has 0 atom stereocenters. The molecule has 0 radical (unpaired) electrons. The van der Waals surface area contributed by atoms with Crippen LogP contribution in [0.4, 0.5) is 5.82 Å². The molecule has 0 amide bonds. The van der Waals surface area contributed by atoms with Crippen LogP contribution in [0.1, 0.15) is 17.0 Å². The van der Waals surface area contributed by atoms with Crippen LogP contribution < -0.4 is 5.73 Å². The van der Waals surface area contributed by atoms with Crippen LogP contribution in [0.2, 0.25) is 0 Å². The van der Waals surface area contributed by atoms with Gasteiger partial charge in [-0.3, -0.25) is 0 Å². The van der Waals surface area contributed by atoms with Gasteiger partial charge in [0.25, 0.3) is 0 Å². The zero-order valence-electron chi connectivity index (χ0n) is 9.03. The highest BCUT2D eigenvalue weighted by molar-refractivity contribution is 7.13. The summed E-state index contributed by atoms with van der Waals surface area (Å²) in [6.45, 7) is 5.91. The maximum Gasteiger partial charge on any atom is 0.130 e. The summed E-state index contributed by atoms with van der Waals surface area (Å²) < 4.78 is 0. The highest BCUT2D eigenvalue weighted by Gasteiger charge is 2.11. The van der Waals surface area contributed by atoms with Crippen LogP contribution in [0, 0.1) is 20.8 Å². The van der Waals surface area contributed by atoms with Crippen molar-refractivity contribution in [2.24, 2.45) is 0 Å². The molecule has 2 heterocycles. The molecular formula is C11H13N3S. The maximum atomic E-state index is 5.83. The number of nitrogen functional groups attached to an aromatic ring is 1. The zero-order chi connectivity index (χ0) is 11.0. The third-order valence-corrected chi connectivity index (χ3v) is 3.40. The third-order valence-electron chi connectivity index (χ3n) is 2.37. The molecule has 0 fully saturated rings. The predicted molar refractivity (Wildman–Crippen MR) is 64.0 cm³/mol. The fourth-order valence-corrected chi connectivity index (χ4v) is 2.46. The van der Waals surface area contributed by atoms with Crippen molar-refractivity contribution < 1.29 is 0 Å². The van der Waals surface area contributed by atoms with E-state index in [4.69, 9.17) is 5.73 Å². The molecule has 78 valence electrons. The fraction of sp³-hybridized carbons (Fsp3) is 0.273. The number of nitrogens with two attached hydrogens (primary N) is 1. The molecule has 0 spiro atoms. The molecule has 0 saturated heterocycles. The average Bonchev–Trinajstić information content (AvgIpc) is 2.58. The van der Waals surface area contributed by atoms with Gasteiger partial charge in [0, 0.05) is 5.56 Å². The zero-order valence-corrected chi connectivity index (χ0v) is 9.85. The number of hydrogen-bond acceptors (Lipinski definition) is 4. The molecule has 3 nitrogen and oxygen atoms in total. The second-order valence-corrected chi connectivity index (χ2v) is 4.48. The van der Waals surface area contributed by atoms with Crippen molar-refractivity contribution in [3.05, 3.63) is 28.4 Å². The maximum absolute atomic E-state index is 5.83. The highest BCUT2D eigenvalue weighted by Crippen LogP contribution is 2.31. The molecule has 0 bridgehead atoms. The van der Waals surface area contributed by atoms with Gasteiger partial charge in [-0.05, 0) is 37.8 Å². The minimum absolute atomic E-state index is 0.574. The van der Waals surface area contributed by atoms with Gasteiger partial charge in [-0.25, -0.2) is 9.97 Å². The average molecular weight is 219 g/mol. The summed E-state index contributed by atoms with van der Waals surface area (Å²) in [6, 6.07) is 2.09. The number of anilines is 1. The third kappa shape index (κ3) is 1.72. The number of hydrogen-bond donors (Lipinski definition) is 1. The molecule has 2 rings (SSSR count). The van der Waals surface area contributed by atoms with E-state index < -0.39 is 0 Å². The number of rotatable bonds is 1. The monoisotopic (exact) mass is 219 g/mol. The number of nitrogens with zero attached hydrogens (tertiary/aromatic N) is 2. The molecular weight excluding hydrogens is 206 g/mol. The van der Waals surface area contributed by atoms with Crippen molar-refractivity contribution in [1.82, 2.24) is 9.97 Å². The van der Waals surface area contributed by atoms with Gasteiger partial charge in [0.15, 0.2) is 0 Å². The van der Waals surface area contributed by atoms with Crippen LogP contribution in [0.3, 0.4) is 0 Å². The van der Waals surface area contributed by atoms with Crippen molar-refractivity contribution in [2.45, 2.75) is 20.8 Å². The lowest BCUT2D eigenvalue weighted by Crippen LogP contribution is -2.01. The smallest absolute Gasteiger partial charge is 0.130 e. The van der Waals surface area contributed by atoms with Gasteiger partial charge in [0.05, 0.1) is 10.6 Å². The Bertz CT molecular complexity index is 503. The topological polar surface area (TPSA) is 51.8 Å². The van der Waals surface area contributed by atoms with Gasteiger partial charge in [-0.2, -0.15) is 0 Å². The number of aryl methyl sites for hydroxylation is 2. The Kier molecular flexibility index (Phi) is 2.44. The van der Waals surface area contributed by atoms with Crippen LogP contribution in [-0.2, 0) is 0 Å². The van der Waals surface area contributed by atoms with Crippen molar-refractivity contribution in [3.63, 3.8) is 0 Å². The quantitative estimate of drug-likeness (QED) is 0.802. The Labute approximate surface area is 93.0 Å². The van der Waals surface area contributed by atoms with E-state index in [0.29, 0.717) is 5.82 Å². The Hall–Kier alpha value is -1.42. The summed E-state index contributed by atoms with van der Waals surface area (Å²) in [5, 5.41) is 2.07. The summed E-state index contributed by atoms with van der Waals surface area (Å²) in [4.78, 5) is 9.79. The lowest BCUT2D eigenvalue weighted by Gasteiger charge is -2.07. The van der Waals surface area contributed by atoms with Crippen LogP contribution in [0.5, 0.6) is 0 Å². The minimum Gasteiger partial charge on any atom is -0.383 e. The molecule has 4 heteroatoms. The van der Waals surface area contributed by atoms with E-state index in [0.717, 1.165) is 17.1 Å². The standard InChI is InChI=1S/C11H13N3S/c1-6-4-5-15-10(6)9-7(2)11(12)14-8(3)13-9/h4-5H,1-3H3,(H2,12,13,14). The van der Waals surface area contributed by atoms with E-state index in [1.807, 2.05) is 13.8 Å². The van der Waals surface area contributed by atoms with Crippen LogP contribution in [-0.4, -0.2) is 9.97 Å². The van der Waals surface area contributed by atoms with Crippen LogP contribution >= 0.6 is 11.3 Å². The van der Waals surface area contributed by atoms with Gasteiger partial charge in [0.1, 0.15) is 11.6 Å². The van der Waals surface area contributed by atoms with Gasteiger partial charge in [-0.1, -0.05) is 0 Å².